The van der Waals surface area contributed by atoms with E-state index in [-0.39, 0.29) is 17.9 Å². The Balaban J connectivity index is 2.73. The third-order valence-corrected chi connectivity index (χ3v) is 2.95. The number of rotatable bonds is 5. The quantitative estimate of drug-likeness (QED) is 0.579. The molecule has 15 heavy (non-hydrogen) atoms. The number of halogens is 2. The van der Waals surface area contributed by atoms with Crippen LogP contribution in [0.1, 0.15) is 6.42 Å². The number of hydrogen-bond donors (Lipinski definition) is 0. The van der Waals surface area contributed by atoms with Gasteiger partial charge in [-0.1, -0.05) is 0 Å². The standard InChI is InChI=1S/C9H10F2O3S/c10-6-1-7-14-15(12,13)9-4-2-8(11)3-5-9/h2-5H,1,6-7H2. The number of hydrogen-bond acceptors (Lipinski definition) is 3. The Bertz CT molecular complexity index is 400. The maximum Gasteiger partial charge on any atom is 0.296 e. The molecule has 0 spiro atoms. The monoisotopic (exact) mass is 236 g/mol. The van der Waals surface area contributed by atoms with Gasteiger partial charge in [0.2, 0.25) is 0 Å². The summed E-state index contributed by atoms with van der Waals surface area (Å²) in [5.41, 5.74) is 0. The molecule has 1 aromatic rings. The zero-order chi connectivity index (χ0) is 11.3. The molecule has 0 saturated heterocycles. The van der Waals surface area contributed by atoms with Gasteiger partial charge in [0.1, 0.15) is 5.82 Å². The molecule has 0 aliphatic carbocycles. The Labute approximate surface area is 86.8 Å². The molecule has 0 heterocycles. The molecule has 0 aliphatic heterocycles. The van der Waals surface area contributed by atoms with Gasteiger partial charge in [-0.3, -0.25) is 8.57 Å². The highest BCUT2D eigenvalue weighted by Gasteiger charge is 2.14. The maximum absolute atomic E-state index is 12.5. The van der Waals surface area contributed by atoms with Gasteiger partial charge in [-0.2, -0.15) is 8.42 Å². The molecule has 0 saturated carbocycles. The minimum atomic E-state index is -3.88. The lowest BCUT2D eigenvalue weighted by atomic mass is 10.4. The van der Waals surface area contributed by atoms with Gasteiger partial charge >= 0.3 is 0 Å². The summed E-state index contributed by atoms with van der Waals surface area (Å²) >= 11 is 0. The van der Waals surface area contributed by atoms with E-state index in [1.807, 2.05) is 0 Å². The van der Waals surface area contributed by atoms with Gasteiger partial charge in [0.25, 0.3) is 10.1 Å². The number of benzene rings is 1. The predicted octanol–water partition coefficient (Wildman–Crippen LogP) is 1.89. The molecule has 0 aliphatic rings. The highest BCUT2D eigenvalue weighted by atomic mass is 32.2. The van der Waals surface area contributed by atoms with Crippen LogP contribution in [-0.4, -0.2) is 21.7 Å². The average molecular weight is 236 g/mol. The molecule has 0 fully saturated rings. The predicted molar refractivity (Wildman–Crippen MR) is 50.1 cm³/mol. The molecule has 3 nitrogen and oxygen atoms in total. The van der Waals surface area contributed by atoms with Crippen LogP contribution in [-0.2, 0) is 14.3 Å². The Morgan fingerprint density at radius 2 is 1.80 bits per heavy atom. The molecular formula is C9H10F2O3S. The highest BCUT2D eigenvalue weighted by molar-refractivity contribution is 7.86. The van der Waals surface area contributed by atoms with Crippen LogP contribution in [0.2, 0.25) is 0 Å². The Morgan fingerprint density at radius 3 is 2.33 bits per heavy atom. The van der Waals surface area contributed by atoms with Crippen LogP contribution in [0.5, 0.6) is 0 Å². The van der Waals surface area contributed by atoms with Gasteiger partial charge < -0.3 is 0 Å². The molecule has 1 rings (SSSR count). The minimum Gasteiger partial charge on any atom is -0.266 e. The second-order valence-electron chi connectivity index (χ2n) is 2.77. The fourth-order valence-electron chi connectivity index (χ4n) is 0.892. The van der Waals surface area contributed by atoms with E-state index in [0.29, 0.717) is 0 Å². The SMILES string of the molecule is O=S(=O)(OCCCF)c1ccc(F)cc1. The van der Waals surface area contributed by atoms with E-state index in [1.165, 1.54) is 0 Å². The van der Waals surface area contributed by atoms with E-state index >= 15 is 0 Å². The molecule has 0 bridgehead atoms. The average Bonchev–Trinajstić information content (AvgIpc) is 2.18. The summed E-state index contributed by atoms with van der Waals surface area (Å²) in [6, 6.07) is 4.23. The molecule has 1 aromatic carbocycles. The smallest absolute Gasteiger partial charge is 0.266 e. The molecule has 0 aromatic heterocycles. The van der Waals surface area contributed by atoms with Crippen molar-refractivity contribution in [2.24, 2.45) is 0 Å². The van der Waals surface area contributed by atoms with Gasteiger partial charge in [0.05, 0.1) is 18.2 Å². The second kappa shape index (κ2) is 5.18. The van der Waals surface area contributed by atoms with Crippen molar-refractivity contribution < 1.29 is 21.4 Å². The summed E-state index contributed by atoms with van der Waals surface area (Å²) < 4.78 is 51.4. The first-order valence-corrected chi connectivity index (χ1v) is 5.68. The van der Waals surface area contributed by atoms with E-state index in [9.17, 15) is 17.2 Å². The Morgan fingerprint density at radius 1 is 1.20 bits per heavy atom. The van der Waals surface area contributed by atoms with E-state index in [1.54, 1.807) is 0 Å². The lowest BCUT2D eigenvalue weighted by Crippen LogP contribution is -2.08. The Kier molecular flexibility index (Phi) is 4.16. The summed E-state index contributed by atoms with van der Waals surface area (Å²) in [7, 11) is -3.88. The van der Waals surface area contributed by atoms with E-state index in [0.717, 1.165) is 24.3 Å². The first kappa shape index (κ1) is 12.1. The van der Waals surface area contributed by atoms with Gasteiger partial charge in [0, 0.05) is 6.42 Å². The molecule has 0 unspecified atom stereocenters. The first-order valence-electron chi connectivity index (χ1n) is 4.27. The van der Waals surface area contributed by atoms with Crippen molar-refractivity contribution in [3.05, 3.63) is 30.1 Å². The van der Waals surface area contributed by atoms with E-state index < -0.39 is 22.6 Å². The summed E-state index contributed by atoms with van der Waals surface area (Å²) in [6.07, 6.45) is 0.0143. The second-order valence-corrected chi connectivity index (χ2v) is 4.39. The molecule has 6 heteroatoms. The Hall–Kier alpha value is -1.01. The molecule has 0 amide bonds. The molecular weight excluding hydrogens is 226 g/mol. The third-order valence-electron chi connectivity index (χ3n) is 1.62. The van der Waals surface area contributed by atoms with Crippen LogP contribution < -0.4 is 0 Å². The van der Waals surface area contributed by atoms with Crippen molar-refractivity contribution in [3.8, 4) is 0 Å². The third kappa shape index (κ3) is 3.56. The van der Waals surface area contributed by atoms with Crippen molar-refractivity contribution in [1.29, 1.82) is 0 Å². The van der Waals surface area contributed by atoms with Gasteiger partial charge in [-0.05, 0) is 24.3 Å². The maximum atomic E-state index is 12.5. The van der Waals surface area contributed by atoms with E-state index in [4.69, 9.17) is 0 Å². The highest BCUT2D eigenvalue weighted by Crippen LogP contribution is 2.12. The van der Waals surface area contributed by atoms with Crippen molar-refractivity contribution in [1.82, 2.24) is 0 Å². The van der Waals surface area contributed by atoms with Crippen molar-refractivity contribution in [3.63, 3.8) is 0 Å². The number of alkyl halides is 1. The van der Waals surface area contributed by atoms with Crippen molar-refractivity contribution >= 4 is 10.1 Å². The first-order chi connectivity index (χ1) is 7.06. The lowest BCUT2D eigenvalue weighted by Gasteiger charge is -2.03. The summed E-state index contributed by atoms with van der Waals surface area (Å²) in [5.74, 6) is -0.530. The zero-order valence-corrected chi connectivity index (χ0v) is 8.64. The topological polar surface area (TPSA) is 43.4 Å². The van der Waals surface area contributed by atoms with Crippen LogP contribution in [0.25, 0.3) is 0 Å². The molecule has 0 atom stereocenters. The van der Waals surface area contributed by atoms with Crippen LogP contribution in [0, 0.1) is 5.82 Å². The van der Waals surface area contributed by atoms with Gasteiger partial charge in [0.15, 0.2) is 0 Å². The largest absolute Gasteiger partial charge is 0.296 e. The fourth-order valence-corrected chi connectivity index (χ4v) is 1.84. The van der Waals surface area contributed by atoms with Crippen LogP contribution in [0.15, 0.2) is 29.2 Å². The normalized spacial score (nSPS) is 11.6. The van der Waals surface area contributed by atoms with E-state index in [2.05, 4.69) is 4.18 Å². The van der Waals surface area contributed by atoms with Crippen LogP contribution in [0.3, 0.4) is 0 Å². The van der Waals surface area contributed by atoms with Crippen LogP contribution in [0.4, 0.5) is 8.78 Å². The summed E-state index contributed by atoms with van der Waals surface area (Å²) in [6.45, 7) is -0.852. The van der Waals surface area contributed by atoms with Crippen LogP contribution >= 0.6 is 0 Å². The van der Waals surface area contributed by atoms with Gasteiger partial charge in [-0.15, -0.1) is 0 Å². The lowest BCUT2D eigenvalue weighted by molar-refractivity contribution is 0.292. The molecule has 0 N–H and O–H groups in total. The molecule has 0 radical (unpaired) electrons. The zero-order valence-electron chi connectivity index (χ0n) is 7.82. The van der Waals surface area contributed by atoms with Crippen molar-refractivity contribution in [2.45, 2.75) is 11.3 Å². The minimum absolute atomic E-state index is 0.0143. The molecule has 84 valence electrons. The summed E-state index contributed by atoms with van der Waals surface area (Å²) in [5, 5.41) is 0. The fraction of sp³-hybridized carbons (Fsp3) is 0.333. The van der Waals surface area contributed by atoms with Gasteiger partial charge in [-0.25, -0.2) is 4.39 Å². The van der Waals surface area contributed by atoms with Crippen molar-refractivity contribution in [2.75, 3.05) is 13.3 Å². The summed E-state index contributed by atoms with van der Waals surface area (Å²) in [4.78, 5) is -0.136.